The van der Waals surface area contributed by atoms with Crippen molar-refractivity contribution in [2.45, 2.75) is 6.92 Å². The molecule has 0 saturated heterocycles. The first kappa shape index (κ1) is 8.56. The molecule has 0 unspecified atom stereocenters. The maximum Gasteiger partial charge on any atom is 0.133 e. The van der Waals surface area contributed by atoms with E-state index >= 15 is 0 Å². The van der Waals surface area contributed by atoms with Gasteiger partial charge in [0.05, 0.1) is 11.4 Å². The SMILES string of the molecule is Cc1nc(Br)c(-c2ccc[nH]2)n1C. The smallest absolute Gasteiger partial charge is 0.133 e. The van der Waals surface area contributed by atoms with Gasteiger partial charge in [0.2, 0.25) is 0 Å². The predicted molar refractivity (Wildman–Crippen MR) is 55.4 cm³/mol. The van der Waals surface area contributed by atoms with E-state index < -0.39 is 0 Å². The molecule has 2 aromatic heterocycles. The highest BCUT2D eigenvalue weighted by molar-refractivity contribution is 9.10. The van der Waals surface area contributed by atoms with Gasteiger partial charge in [-0.3, -0.25) is 0 Å². The van der Waals surface area contributed by atoms with Gasteiger partial charge in [-0.25, -0.2) is 4.98 Å². The summed E-state index contributed by atoms with van der Waals surface area (Å²) < 4.78 is 2.94. The molecule has 2 aromatic rings. The predicted octanol–water partition coefficient (Wildman–Crippen LogP) is 2.49. The Bertz CT molecular complexity index is 414. The maximum absolute atomic E-state index is 4.33. The van der Waals surface area contributed by atoms with Crippen molar-refractivity contribution >= 4 is 15.9 Å². The topological polar surface area (TPSA) is 33.6 Å². The Morgan fingerprint density at radius 3 is 2.77 bits per heavy atom. The van der Waals surface area contributed by atoms with Gasteiger partial charge >= 0.3 is 0 Å². The van der Waals surface area contributed by atoms with E-state index in [1.165, 1.54) is 0 Å². The van der Waals surface area contributed by atoms with Crippen molar-refractivity contribution in [3.05, 3.63) is 28.8 Å². The number of nitrogens with one attached hydrogen (secondary N) is 1. The summed E-state index contributed by atoms with van der Waals surface area (Å²) in [5.74, 6) is 0.997. The quantitative estimate of drug-likeness (QED) is 0.816. The molecular formula is C9H10BrN3. The largest absolute Gasteiger partial charge is 0.360 e. The Balaban J connectivity index is 2.64. The minimum absolute atomic E-state index is 0.884. The number of halogens is 1. The summed E-state index contributed by atoms with van der Waals surface area (Å²) in [6.07, 6.45) is 1.91. The average molecular weight is 240 g/mol. The molecule has 0 saturated carbocycles. The Hall–Kier alpha value is -1.03. The van der Waals surface area contributed by atoms with Gasteiger partial charge in [-0.15, -0.1) is 0 Å². The zero-order valence-electron chi connectivity index (χ0n) is 7.50. The fourth-order valence-electron chi connectivity index (χ4n) is 1.34. The normalized spacial score (nSPS) is 10.7. The van der Waals surface area contributed by atoms with Crippen LogP contribution in [0.25, 0.3) is 11.4 Å². The molecule has 13 heavy (non-hydrogen) atoms. The van der Waals surface area contributed by atoms with Gasteiger partial charge in [0.15, 0.2) is 0 Å². The van der Waals surface area contributed by atoms with Crippen molar-refractivity contribution in [2.75, 3.05) is 0 Å². The first-order valence-corrected chi connectivity index (χ1v) is 4.82. The minimum atomic E-state index is 0.884. The maximum atomic E-state index is 4.33. The van der Waals surface area contributed by atoms with E-state index in [2.05, 4.69) is 30.5 Å². The average Bonchev–Trinajstić information content (AvgIpc) is 2.63. The number of imidazole rings is 1. The van der Waals surface area contributed by atoms with Gasteiger partial charge < -0.3 is 9.55 Å². The fraction of sp³-hybridized carbons (Fsp3) is 0.222. The number of aryl methyl sites for hydroxylation is 1. The van der Waals surface area contributed by atoms with Crippen LogP contribution in [-0.4, -0.2) is 14.5 Å². The summed E-state index contributed by atoms with van der Waals surface area (Å²) in [6.45, 7) is 1.98. The summed E-state index contributed by atoms with van der Waals surface area (Å²) in [7, 11) is 2.00. The van der Waals surface area contributed by atoms with E-state index in [9.17, 15) is 0 Å². The number of nitrogens with zero attached hydrogens (tertiary/aromatic N) is 2. The molecule has 0 fully saturated rings. The zero-order valence-corrected chi connectivity index (χ0v) is 9.09. The molecule has 0 aliphatic carbocycles. The first-order chi connectivity index (χ1) is 6.20. The van der Waals surface area contributed by atoms with E-state index in [0.29, 0.717) is 0 Å². The summed E-state index contributed by atoms with van der Waals surface area (Å²) >= 11 is 3.44. The third-order valence-electron chi connectivity index (χ3n) is 2.13. The second-order valence-electron chi connectivity index (χ2n) is 2.94. The lowest BCUT2D eigenvalue weighted by atomic mass is 10.3. The lowest BCUT2D eigenvalue weighted by Gasteiger charge is -2.00. The molecule has 0 aliphatic heterocycles. The number of aromatic nitrogens is 3. The third kappa shape index (κ3) is 1.31. The van der Waals surface area contributed by atoms with Crippen LogP contribution in [-0.2, 0) is 7.05 Å². The summed E-state index contributed by atoms with van der Waals surface area (Å²) in [4.78, 5) is 7.48. The van der Waals surface area contributed by atoms with E-state index in [1.807, 2.05) is 32.3 Å². The van der Waals surface area contributed by atoms with Gasteiger partial charge in [-0.2, -0.15) is 0 Å². The highest BCUT2D eigenvalue weighted by Gasteiger charge is 2.11. The van der Waals surface area contributed by atoms with E-state index in [0.717, 1.165) is 21.8 Å². The molecule has 0 amide bonds. The van der Waals surface area contributed by atoms with Crippen LogP contribution in [0.5, 0.6) is 0 Å². The van der Waals surface area contributed by atoms with Crippen molar-refractivity contribution in [1.82, 2.24) is 14.5 Å². The summed E-state index contributed by atoms with van der Waals surface area (Å²) in [6, 6.07) is 4.01. The fourth-order valence-corrected chi connectivity index (χ4v) is 2.08. The van der Waals surface area contributed by atoms with Crippen LogP contribution in [0.1, 0.15) is 5.82 Å². The van der Waals surface area contributed by atoms with Gasteiger partial charge in [-0.05, 0) is 35.0 Å². The highest BCUT2D eigenvalue weighted by atomic mass is 79.9. The van der Waals surface area contributed by atoms with Crippen LogP contribution in [0, 0.1) is 6.92 Å². The number of aromatic amines is 1. The molecule has 4 heteroatoms. The van der Waals surface area contributed by atoms with Crippen LogP contribution in [0.2, 0.25) is 0 Å². The van der Waals surface area contributed by atoms with Crippen molar-refractivity contribution in [2.24, 2.45) is 7.05 Å². The second-order valence-corrected chi connectivity index (χ2v) is 3.69. The number of hydrogen-bond donors (Lipinski definition) is 1. The molecule has 68 valence electrons. The van der Waals surface area contributed by atoms with Crippen molar-refractivity contribution in [3.63, 3.8) is 0 Å². The van der Waals surface area contributed by atoms with Crippen LogP contribution in [0.4, 0.5) is 0 Å². The van der Waals surface area contributed by atoms with E-state index in [-0.39, 0.29) is 0 Å². The van der Waals surface area contributed by atoms with Gasteiger partial charge in [0.1, 0.15) is 10.4 Å². The Morgan fingerprint density at radius 2 is 2.31 bits per heavy atom. The lowest BCUT2D eigenvalue weighted by molar-refractivity contribution is 0.862. The Labute approximate surface area is 84.9 Å². The molecule has 0 aromatic carbocycles. The third-order valence-corrected chi connectivity index (χ3v) is 2.68. The van der Waals surface area contributed by atoms with Crippen molar-refractivity contribution in [3.8, 4) is 11.4 Å². The molecule has 1 N–H and O–H groups in total. The van der Waals surface area contributed by atoms with E-state index in [1.54, 1.807) is 0 Å². The first-order valence-electron chi connectivity index (χ1n) is 4.02. The Kier molecular flexibility index (Phi) is 2.00. The molecule has 0 radical (unpaired) electrons. The van der Waals surface area contributed by atoms with Crippen LogP contribution < -0.4 is 0 Å². The van der Waals surface area contributed by atoms with Crippen LogP contribution in [0.15, 0.2) is 22.9 Å². The van der Waals surface area contributed by atoms with Crippen LogP contribution >= 0.6 is 15.9 Å². The number of H-pyrrole nitrogens is 1. The molecule has 0 atom stereocenters. The molecule has 3 nitrogen and oxygen atoms in total. The van der Waals surface area contributed by atoms with Gasteiger partial charge in [0.25, 0.3) is 0 Å². The summed E-state index contributed by atoms with van der Waals surface area (Å²) in [5.41, 5.74) is 2.16. The highest BCUT2D eigenvalue weighted by Crippen LogP contribution is 2.26. The molecule has 0 aliphatic rings. The lowest BCUT2D eigenvalue weighted by Crippen LogP contribution is -1.94. The number of rotatable bonds is 1. The molecule has 0 spiro atoms. The van der Waals surface area contributed by atoms with E-state index in [4.69, 9.17) is 0 Å². The Morgan fingerprint density at radius 1 is 1.54 bits per heavy atom. The van der Waals surface area contributed by atoms with Crippen molar-refractivity contribution < 1.29 is 0 Å². The molecule has 2 heterocycles. The molecule has 2 rings (SSSR count). The standard InChI is InChI=1S/C9H10BrN3/c1-6-12-9(10)8(13(6)2)7-4-3-5-11-7/h3-5,11H,1-2H3. The van der Waals surface area contributed by atoms with Crippen LogP contribution in [0.3, 0.4) is 0 Å². The monoisotopic (exact) mass is 239 g/mol. The number of hydrogen-bond acceptors (Lipinski definition) is 1. The van der Waals surface area contributed by atoms with Crippen molar-refractivity contribution in [1.29, 1.82) is 0 Å². The van der Waals surface area contributed by atoms with Gasteiger partial charge in [-0.1, -0.05) is 0 Å². The molecule has 0 bridgehead atoms. The second kappa shape index (κ2) is 3.03. The van der Waals surface area contributed by atoms with Gasteiger partial charge in [0, 0.05) is 13.2 Å². The zero-order chi connectivity index (χ0) is 9.42. The summed E-state index contributed by atoms with van der Waals surface area (Å²) in [5, 5.41) is 0. The minimum Gasteiger partial charge on any atom is -0.360 e. The molecular weight excluding hydrogens is 230 g/mol.